The first kappa shape index (κ1) is 17.4. The number of thiol groups is 1. The molecule has 3 aromatic rings. The predicted octanol–water partition coefficient (Wildman–Crippen LogP) is 3.07. The van der Waals surface area contributed by atoms with Gasteiger partial charge in [0.15, 0.2) is 0 Å². The summed E-state index contributed by atoms with van der Waals surface area (Å²) in [5, 5.41) is 10.6. The van der Waals surface area contributed by atoms with E-state index in [-0.39, 0.29) is 18.2 Å². The van der Waals surface area contributed by atoms with Crippen LogP contribution in [0.2, 0.25) is 0 Å². The molecule has 1 aromatic heterocycles. The first-order chi connectivity index (χ1) is 9.63. The average Bonchev–Trinajstić information content (AvgIpc) is 2.85. The van der Waals surface area contributed by atoms with Crippen molar-refractivity contribution in [2.45, 2.75) is 6.04 Å². The Morgan fingerprint density at radius 3 is 1.86 bits per heavy atom. The van der Waals surface area contributed by atoms with Crippen molar-refractivity contribution in [1.82, 2.24) is 4.98 Å². The molecule has 21 heavy (non-hydrogen) atoms. The van der Waals surface area contributed by atoms with Gasteiger partial charge in [-0.3, -0.25) is 4.79 Å². The first-order valence-corrected chi connectivity index (χ1v) is 6.81. The third-order valence-corrected chi connectivity index (χ3v) is 3.32. The number of rotatable bonds is 2. The molecule has 0 aliphatic rings. The number of carbonyl (C=O) groups is 1. The summed E-state index contributed by atoms with van der Waals surface area (Å²) in [4.78, 5) is 13.1. The van der Waals surface area contributed by atoms with Crippen molar-refractivity contribution >= 4 is 52.8 Å². The van der Waals surface area contributed by atoms with Gasteiger partial charge in [0, 0.05) is 27.6 Å². The van der Waals surface area contributed by atoms with E-state index >= 15 is 0 Å². The van der Waals surface area contributed by atoms with E-state index in [1.165, 1.54) is 21.8 Å². The van der Waals surface area contributed by atoms with Crippen molar-refractivity contribution < 1.29 is 9.90 Å². The predicted molar refractivity (Wildman–Crippen MR) is 92.5 cm³/mol. The SMILES string of the molecule is Cl.NC(CS)C(=O)O.c1ccc2c(c1)[nH]c1ccccc12. The molecule has 0 aliphatic carbocycles. The second-order valence-corrected chi connectivity index (χ2v) is 4.71. The van der Waals surface area contributed by atoms with Crippen molar-refractivity contribution in [2.24, 2.45) is 5.73 Å². The van der Waals surface area contributed by atoms with Crippen molar-refractivity contribution in [3.63, 3.8) is 0 Å². The zero-order valence-electron chi connectivity index (χ0n) is 11.2. The second kappa shape index (κ2) is 7.93. The van der Waals surface area contributed by atoms with E-state index in [0.29, 0.717) is 0 Å². The quantitative estimate of drug-likeness (QED) is 0.547. The standard InChI is InChI=1S/C12H9N.C3H7NO2S.ClH/c1-3-7-11-9(5-1)10-6-2-4-8-12(10)13-11;4-2(1-7)3(5)6;/h1-8,13H;2,7H,1,4H2,(H,5,6);1H. The average molecular weight is 325 g/mol. The van der Waals surface area contributed by atoms with Crippen LogP contribution in [0.25, 0.3) is 21.8 Å². The van der Waals surface area contributed by atoms with Crippen LogP contribution in [0.4, 0.5) is 0 Å². The van der Waals surface area contributed by atoms with Crippen LogP contribution in [-0.2, 0) is 4.79 Å². The molecule has 0 aliphatic heterocycles. The molecule has 6 heteroatoms. The summed E-state index contributed by atoms with van der Waals surface area (Å²) in [5.74, 6) is -0.815. The number of hydrogen-bond donors (Lipinski definition) is 4. The molecule has 3 rings (SSSR count). The van der Waals surface area contributed by atoms with Crippen LogP contribution in [-0.4, -0.2) is 27.9 Å². The molecule has 4 N–H and O–H groups in total. The molecule has 2 aromatic carbocycles. The highest BCUT2D eigenvalue weighted by Gasteiger charge is 2.06. The first-order valence-electron chi connectivity index (χ1n) is 6.18. The van der Waals surface area contributed by atoms with E-state index in [1.54, 1.807) is 0 Å². The van der Waals surface area contributed by atoms with E-state index < -0.39 is 12.0 Å². The molecule has 0 saturated carbocycles. The van der Waals surface area contributed by atoms with E-state index in [1.807, 2.05) is 0 Å². The number of hydrogen-bond acceptors (Lipinski definition) is 3. The molecular weight excluding hydrogens is 308 g/mol. The summed E-state index contributed by atoms with van der Waals surface area (Å²) < 4.78 is 0. The molecule has 1 atom stereocenters. The van der Waals surface area contributed by atoms with Crippen LogP contribution in [0, 0.1) is 0 Å². The zero-order chi connectivity index (χ0) is 14.5. The highest BCUT2D eigenvalue weighted by molar-refractivity contribution is 7.80. The monoisotopic (exact) mass is 324 g/mol. The van der Waals surface area contributed by atoms with Crippen LogP contribution in [0.15, 0.2) is 48.5 Å². The number of aromatic amines is 1. The third-order valence-electron chi connectivity index (χ3n) is 2.93. The molecule has 0 spiro atoms. The number of halogens is 1. The fourth-order valence-electron chi connectivity index (χ4n) is 1.88. The maximum absolute atomic E-state index is 9.76. The van der Waals surface area contributed by atoms with Gasteiger partial charge >= 0.3 is 5.97 Å². The molecule has 0 radical (unpaired) electrons. The van der Waals surface area contributed by atoms with Gasteiger partial charge in [-0.25, -0.2) is 0 Å². The van der Waals surface area contributed by atoms with Gasteiger partial charge in [-0.2, -0.15) is 12.6 Å². The minimum atomic E-state index is -1.00. The van der Waals surface area contributed by atoms with Crippen molar-refractivity contribution in [1.29, 1.82) is 0 Å². The summed E-state index contributed by atoms with van der Waals surface area (Å²) in [7, 11) is 0. The molecule has 0 bridgehead atoms. The molecule has 1 heterocycles. The van der Waals surface area contributed by atoms with E-state index in [2.05, 4.69) is 66.1 Å². The van der Waals surface area contributed by atoms with E-state index in [0.717, 1.165) is 0 Å². The Morgan fingerprint density at radius 1 is 1.10 bits per heavy atom. The van der Waals surface area contributed by atoms with Gasteiger partial charge in [-0.05, 0) is 12.1 Å². The fourth-order valence-corrected chi connectivity index (χ4v) is 2.03. The number of nitrogens with two attached hydrogens (primary N) is 1. The Kier molecular flexibility index (Phi) is 6.55. The van der Waals surface area contributed by atoms with Gasteiger partial charge in [-0.15, -0.1) is 12.4 Å². The van der Waals surface area contributed by atoms with Gasteiger partial charge in [0.05, 0.1) is 0 Å². The van der Waals surface area contributed by atoms with E-state index in [4.69, 9.17) is 10.8 Å². The Balaban J connectivity index is 0.000000242. The van der Waals surface area contributed by atoms with Crippen LogP contribution < -0.4 is 5.73 Å². The number of aromatic nitrogens is 1. The summed E-state index contributed by atoms with van der Waals surface area (Å²) in [6.45, 7) is 0. The van der Waals surface area contributed by atoms with Gasteiger partial charge in [0.2, 0.25) is 0 Å². The lowest BCUT2D eigenvalue weighted by Crippen LogP contribution is -2.31. The second-order valence-electron chi connectivity index (χ2n) is 4.34. The minimum Gasteiger partial charge on any atom is -0.480 e. The van der Waals surface area contributed by atoms with Gasteiger partial charge in [0.25, 0.3) is 0 Å². The third kappa shape index (κ3) is 4.14. The van der Waals surface area contributed by atoms with Crippen LogP contribution in [0.5, 0.6) is 0 Å². The molecule has 1 unspecified atom stereocenters. The maximum atomic E-state index is 9.76. The number of nitrogens with one attached hydrogen (secondary N) is 1. The number of benzene rings is 2. The van der Waals surface area contributed by atoms with Crippen molar-refractivity contribution in [3.8, 4) is 0 Å². The van der Waals surface area contributed by atoms with Crippen LogP contribution in [0.3, 0.4) is 0 Å². The summed E-state index contributed by atoms with van der Waals surface area (Å²) in [6.07, 6.45) is 0. The Labute approximate surface area is 134 Å². The lowest BCUT2D eigenvalue weighted by molar-refractivity contribution is -0.137. The number of H-pyrrole nitrogens is 1. The summed E-state index contributed by atoms with van der Waals surface area (Å²) in [6, 6.07) is 15.9. The highest BCUT2D eigenvalue weighted by atomic mass is 35.5. The number of aliphatic carboxylic acids is 1. The smallest absolute Gasteiger partial charge is 0.321 e. The topological polar surface area (TPSA) is 79.1 Å². The maximum Gasteiger partial charge on any atom is 0.321 e. The zero-order valence-corrected chi connectivity index (χ0v) is 12.9. The highest BCUT2D eigenvalue weighted by Crippen LogP contribution is 2.24. The molecule has 4 nitrogen and oxygen atoms in total. The van der Waals surface area contributed by atoms with Crippen molar-refractivity contribution in [2.75, 3.05) is 5.75 Å². The molecular formula is C15H17ClN2O2S. The number of fused-ring (bicyclic) bond motifs is 3. The molecule has 0 fully saturated rings. The Hall–Kier alpha value is -1.69. The normalized spacial score (nSPS) is 11.3. The molecule has 0 saturated heterocycles. The van der Waals surface area contributed by atoms with Gasteiger partial charge < -0.3 is 15.8 Å². The summed E-state index contributed by atoms with van der Waals surface area (Å²) >= 11 is 3.65. The van der Waals surface area contributed by atoms with Crippen LogP contribution >= 0.6 is 25.0 Å². The number of carboxylic acid groups (broad SMARTS) is 1. The van der Waals surface area contributed by atoms with Crippen molar-refractivity contribution in [3.05, 3.63) is 48.5 Å². The number of carboxylic acids is 1. The Bertz CT molecular complexity index is 679. The molecule has 112 valence electrons. The number of para-hydroxylation sites is 2. The van der Waals surface area contributed by atoms with E-state index in [9.17, 15) is 4.79 Å². The van der Waals surface area contributed by atoms with Gasteiger partial charge in [0.1, 0.15) is 6.04 Å². The fraction of sp³-hybridized carbons (Fsp3) is 0.133. The summed E-state index contributed by atoms with van der Waals surface area (Å²) in [5.41, 5.74) is 7.36. The molecule has 0 amide bonds. The lowest BCUT2D eigenvalue weighted by atomic mass is 10.2. The minimum absolute atomic E-state index is 0. The van der Waals surface area contributed by atoms with Crippen LogP contribution in [0.1, 0.15) is 0 Å². The van der Waals surface area contributed by atoms with Gasteiger partial charge in [-0.1, -0.05) is 36.4 Å². The lowest BCUT2D eigenvalue weighted by Gasteiger charge is -1.96. The Morgan fingerprint density at radius 2 is 1.52 bits per heavy atom. The largest absolute Gasteiger partial charge is 0.480 e.